The van der Waals surface area contributed by atoms with Gasteiger partial charge in [0.15, 0.2) is 0 Å². The van der Waals surface area contributed by atoms with Gasteiger partial charge in [-0.05, 0) is 6.42 Å². The first-order valence-corrected chi connectivity index (χ1v) is 2.58. The van der Waals surface area contributed by atoms with Gasteiger partial charge >= 0.3 is 0 Å². The second-order valence-electron chi connectivity index (χ2n) is 1.96. The zero-order valence-electron chi connectivity index (χ0n) is 4.59. The summed E-state index contributed by atoms with van der Waals surface area (Å²) in [5.74, 6) is 0.0995. The Bertz CT molecular complexity index is 171. The molecule has 1 rings (SSSR count). The van der Waals surface area contributed by atoms with Gasteiger partial charge in [-0.2, -0.15) is 5.26 Å². The Morgan fingerprint density at radius 1 is 1.88 bits per heavy atom. The smallest absolute Gasteiger partial charge is 0.0701 e. The molecule has 0 radical (unpaired) electrons. The fraction of sp³-hybridized carbons (Fsp3) is 0.286. The van der Waals surface area contributed by atoms with E-state index in [4.69, 9.17) is 5.26 Å². The van der Waals surface area contributed by atoms with E-state index in [0.29, 0.717) is 0 Å². The Morgan fingerprint density at radius 3 is 2.88 bits per heavy atom. The van der Waals surface area contributed by atoms with Crippen molar-refractivity contribution in [3.8, 4) is 6.07 Å². The summed E-state index contributed by atoms with van der Waals surface area (Å²) >= 11 is 0. The van der Waals surface area contributed by atoms with Crippen LogP contribution in [0.4, 0.5) is 0 Å². The van der Waals surface area contributed by atoms with Crippen molar-refractivity contribution in [3.05, 3.63) is 24.3 Å². The molecule has 1 aliphatic rings. The standard InChI is InChI=1S/C7H7N/c1-6-2-3-7(4-6)5-8/h2-3,7H,1,4H2. The molecule has 1 heteroatoms. The van der Waals surface area contributed by atoms with E-state index in [2.05, 4.69) is 12.6 Å². The van der Waals surface area contributed by atoms with Crippen molar-refractivity contribution in [2.45, 2.75) is 6.42 Å². The van der Waals surface area contributed by atoms with Crippen LogP contribution in [0.3, 0.4) is 0 Å². The van der Waals surface area contributed by atoms with Crippen molar-refractivity contribution in [2.24, 2.45) is 5.92 Å². The highest BCUT2D eigenvalue weighted by atomic mass is 14.3. The topological polar surface area (TPSA) is 23.8 Å². The van der Waals surface area contributed by atoms with E-state index in [1.54, 1.807) is 0 Å². The summed E-state index contributed by atoms with van der Waals surface area (Å²) in [5.41, 5.74) is 1.07. The Hall–Kier alpha value is -1.03. The molecular weight excluding hydrogens is 98.1 g/mol. The summed E-state index contributed by atoms with van der Waals surface area (Å²) < 4.78 is 0. The SMILES string of the molecule is C=C1C=CC(C#N)C1. The van der Waals surface area contributed by atoms with E-state index < -0.39 is 0 Å². The lowest BCUT2D eigenvalue weighted by Gasteiger charge is -1.89. The van der Waals surface area contributed by atoms with Crippen molar-refractivity contribution in [1.82, 2.24) is 0 Å². The molecule has 1 unspecified atom stereocenters. The Labute approximate surface area is 48.9 Å². The zero-order chi connectivity index (χ0) is 5.98. The molecule has 0 heterocycles. The molecule has 0 saturated carbocycles. The Kier molecular flexibility index (Phi) is 1.17. The molecule has 0 aromatic heterocycles. The monoisotopic (exact) mass is 105 g/mol. The second kappa shape index (κ2) is 1.83. The van der Waals surface area contributed by atoms with Crippen LogP contribution in [0.25, 0.3) is 0 Å². The minimum Gasteiger partial charge on any atom is -0.198 e. The highest BCUT2D eigenvalue weighted by Gasteiger charge is 2.08. The van der Waals surface area contributed by atoms with Gasteiger partial charge in [0.2, 0.25) is 0 Å². The lowest BCUT2D eigenvalue weighted by molar-refractivity contribution is 0.864. The van der Waals surface area contributed by atoms with Gasteiger partial charge in [0.05, 0.1) is 12.0 Å². The number of allylic oxidation sites excluding steroid dienone is 3. The quantitative estimate of drug-likeness (QED) is 0.459. The van der Waals surface area contributed by atoms with Crippen molar-refractivity contribution in [2.75, 3.05) is 0 Å². The van der Waals surface area contributed by atoms with Crippen molar-refractivity contribution < 1.29 is 0 Å². The maximum atomic E-state index is 8.34. The molecule has 1 atom stereocenters. The average molecular weight is 105 g/mol. The number of nitrogens with zero attached hydrogens (tertiary/aromatic N) is 1. The van der Waals surface area contributed by atoms with Crippen LogP contribution in [-0.2, 0) is 0 Å². The minimum absolute atomic E-state index is 0.0995. The molecule has 1 aliphatic carbocycles. The summed E-state index contributed by atoms with van der Waals surface area (Å²) in [6.45, 7) is 3.71. The van der Waals surface area contributed by atoms with Crippen LogP contribution in [0, 0.1) is 17.2 Å². The van der Waals surface area contributed by atoms with Gasteiger partial charge in [-0.1, -0.05) is 24.3 Å². The van der Waals surface area contributed by atoms with Gasteiger partial charge in [-0.15, -0.1) is 0 Å². The molecule has 1 nitrogen and oxygen atoms in total. The molecule has 40 valence electrons. The highest BCUT2D eigenvalue weighted by molar-refractivity contribution is 5.26. The predicted molar refractivity (Wildman–Crippen MR) is 32.0 cm³/mol. The third kappa shape index (κ3) is 0.788. The van der Waals surface area contributed by atoms with Crippen molar-refractivity contribution in [3.63, 3.8) is 0 Å². The van der Waals surface area contributed by atoms with Crippen molar-refractivity contribution in [1.29, 1.82) is 5.26 Å². The molecular formula is C7H7N. The van der Waals surface area contributed by atoms with Crippen LogP contribution < -0.4 is 0 Å². The summed E-state index contributed by atoms with van der Waals surface area (Å²) in [4.78, 5) is 0. The first-order valence-electron chi connectivity index (χ1n) is 2.58. The number of hydrogen-bond acceptors (Lipinski definition) is 1. The minimum atomic E-state index is 0.0995. The van der Waals surface area contributed by atoms with E-state index in [9.17, 15) is 0 Å². The van der Waals surface area contributed by atoms with E-state index in [1.165, 1.54) is 0 Å². The van der Waals surface area contributed by atoms with E-state index in [-0.39, 0.29) is 5.92 Å². The normalized spacial score (nSPS) is 25.9. The van der Waals surface area contributed by atoms with Gasteiger partial charge in [-0.3, -0.25) is 0 Å². The van der Waals surface area contributed by atoms with Crippen LogP contribution in [-0.4, -0.2) is 0 Å². The lowest BCUT2D eigenvalue weighted by Crippen LogP contribution is -1.83. The largest absolute Gasteiger partial charge is 0.198 e. The van der Waals surface area contributed by atoms with Crippen LogP contribution in [0.2, 0.25) is 0 Å². The first-order chi connectivity index (χ1) is 3.83. The van der Waals surface area contributed by atoms with Gasteiger partial charge in [0.25, 0.3) is 0 Å². The fourth-order valence-electron chi connectivity index (χ4n) is 0.759. The molecule has 0 aromatic carbocycles. The third-order valence-corrected chi connectivity index (χ3v) is 1.21. The van der Waals surface area contributed by atoms with E-state index in [0.717, 1.165) is 12.0 Å². The van der Waals surface area contributed by atoms with Crippen LogP contribution in [0.5, 0.6) is 0 Å². The van der Waals surface area contributed by atoms with E-state index in [1.807, 2.05) is 12.2 Å². The molecule has 0 bridgehead atoms. The maximum Gasteiger partial charge on any atom is 0.0701 e. The average Bonchev–Trinajstić information content (AvgIpc) is 2.14. The molecule has 0 spiro atoms. The molecule has 0 aliphatic heterocycles. The number of nitriles is 1. The summed E-state index contributed by atoms with van der Waals surface area (Å²) in [7, 11) is 0. The second-order valence-corrected chi connectivity index (χ2v) is 1.96. The van der Waals surface area contributed by atoms with Gasteiger partial charge in [-0.25, -0.2) is 0 Å². The van der Waals surface area contributed by atoms with Gasteiger partial charge in [0, 0.05) is 0 Å². The van der Waals surface area contributed by atoms with Gasteiger partial charge < -0.3 is 0 Å². The highest BCUT2D eigenvalue weighted by Crippen LogP contribution is 2.19. The maximum absolute atomic E-state index is 8.34. The van der Waals surface area contributed by atoms with Gasteiger partial charge in [0.1, 0.15) is 0 Å². The lowest BCUT2D eigenvalue weighted by atomic mass is 10.1. The Morgan fingerprint density at radius 2 is 2.62 bits per heavy atom. The molecule has 0 N–H and O–H groups in total. The van der Waals surface area contributed by atoms with Crippen LogP contribution in [0.15, 0.2) is 24.3 Å². The molecule has 0 aromatic rings. The van der Waals surface area contributed by atoms with Crippen LogP contribution in [0.1, 0.15) is 6.42 Å². The molecule has 0 amide bonds. The third-order valence-electron chi connectivity index (χ3n) is 1.21. The molecule has 0 saturated heterocycles. The molecule has 8 heavy (non-hydrogen) atoms. The Balaban J connectivity index is 2.62. The summed E-state index contributed by atoms with van der Waals surface area (Å²) in [5, 5.41) is 8.34. The summed E-state index contributed by atoms with van der Waals surface area (Å²) in [6.07, 6.45) is 4.63. The number of rotatable bonds is 0. The van der Waals surface area contributed by atoms with Crippen molar-refractivity contribution >= 4 is 0 Å². The first kappa shape index (κ1) is 5.11. The molecule has 0 fully saturated rings. The van der Waals surface area contributed by atoms with E-state index >= 15 is 0 Å². The summed E-state index contributed by atoms with van der Waals surface area (Å²) in [6, 6.07) is 2.15. The number of hydrogen-bond donors (Lipinski definition) is 0. The fourth-order valence-corrected chi connectivity index (χ4v) is 0.759. The zero-order valence-corrected chi connectivity index (χ0v) is 4.59. The predicted octanol–water partition coefficient (Wildman–Crippen LogP) is 1.64. The van der Waals surface area contributed by atoms with Crippen LogP contribution >= 0.6 is 0 Å².